The number of allylic oxidation sites excluding steroid dienone is 2. The molecule has 2 nitrogen and oxygen atoms in total. The van der Waals surface area contributed by atoms with E-state index >= 15 is 0 Å². The van der Waals surface area contributed by atoms with Crippen LogP contribution in [0.15, 0.2) is 35.9 Å². The largest absolute Gasteiger partial charge is 0.352 e. The van der Waals surface area contributed by atoms with Crippen molar-refractivity contribution in [3.05, 3.63) is 47.0 Å². The molecule has 0 spiro atoms. The van der Waals surface area contributed by atoms with E-state index in [1.807, 2.05) is 12.1 Å². The third kappa shape index (κ3) is 2.95. The summed E-state index contributed by atoms with van der Waals surface area (Å²) in [5.74, 6) is 0.673. The highest BCUT2D eigenvalue weighted by atomic mass is 16.2. The van der Waals surface area contributed by atoms with Gasteiger partial charge >= 0.3 is 0 Å². The van der Waals surface area contributed by atoms with Crippen LogP contribution in [0.2, 0.25) is 0 Å². The summed E-state index contributed by atoms with van der Waals surface area (Å²) in [4.78, 5) is 12.4. The lowest BCUT2D eigenvalue weighted by Gasteiger charge is -2.08. The van der Waals surface area contributed by atoms with E-state index in [9.17, 15) is 4.79 Å². The van der Waals surface area contributed by atoms with Crippen LogP contribution in [-0.2, 0) is 11.3 Å². The number of hydrogen-bond acceptors (Lipinski definition) is 1. The first kappa shape index (κ1) is 14.8. The van der Waals surface area contributed by atoms with E-state index in [-0.39, 0.29) is 17.2 Å². The van der Waals surface area contributed by atoms with Gasteiger partial charge in [0.15, 0.2) is 0 Å². The first-order valence-corrected chi connectivity index (χ1v) is 7.31. The molecule has 1 saturated carbocycles. The van der Waals surface area contributed by atoms with Gasteiger partial charge < -0.3 is 5.32 Å². The van der Waals surface area contributed by atoms with E-state index in [2.05, 4.69) is 58.1 Å². The minimum Gasteiger partial charge on any atom is -0.352 e. The summed E-state index contributed by atoms with van der Waals surface area (Å²) >= 11 is 0. The summed E-state index contributed by atoms with van der Waals surface area (Å²) in [5, 5.41) is 3.09. The predicted octanol–water partition coefficient (Wildman–Crippen LogP) is 3.85. The van der Waals surface area contributed by atoms with Crippen molar-refractivity contribution in [2.45, 2.75) is 41.2 Å². The first-order chi connectivity index (χ1) is 9.34. The fraction of sp³-hybridized carbons (Fsp3) is 0.500. The van der Waals surface area contributed by atoms with E-state index in [4.69, 9.17) is 0 Å². The van der Waals surface area contributed by atoms with Crippen molar-refractivity contribution in [1.29, 1.82) is 0 Å². The number of aryl methyl sites for hydroxylation is 1. The van der Waals surface area contributed by atoms with Gasteiger partial charge in [-0.25, -0.2) is 0 Å². The lowest BCUT2D eigenvalue weighted by molar-refractivity contribution is -0.123. The second kappa shape index (κ2) is 5.43. The normalized spacial score (nSPS) is 23.1. The molecule has 0 aromatic heterocycles. The number of carbonyl (C=O) groups excluding carboxylic acids is 1. The Morgan fingerprint density at radius 3 is 2.55 bits per heavy atom. The van der Waals surface area contributed by atoms with Crippen molar-refractivity contribution < 1.29 is 4.79 Å². The number of amides is 1. The minimum atomic E-state index is 0.0904. The highest BCUT2D eigenvalue weighted by Crippen LogP contribution is 2.59. The summed E-state index contributed by atoms with van der Waals surface area (Å²) in [6, 6.07) is 8.19. The third-order valence-electron chi connectivity index (χ3n) is 4.42. The fourth-order valence-electron chi connectivity index (χ4n) is 2.95. The van der Waals surface area contributed by atoms with Crippen LogP contribution >= 0.6 is 0 Å². The van der Waals surface area contributed by atoms with Crippen molar-refractivity contribution in [3.8, 4) is 0 Å². The van der Waals surface area contributed by atoms with E-state index in [0.717, 1.165) is 0 Å². The zero-order valence-corrected chi connectivity index (χ0v) is 13.2. The molecule has 20 heavy (non-hydrogen) atoms. The van der Waals surface area contributed by atoms with Gasteiger partial charge in [0.1, 0.15) is 0 Å². The maximum atomic E-state index is 12.4. The molecule has 2 heteroatoms. The lowest BCUT2D eigenvalue weighted by Crippen LogP contribution is -2.26. The van der Waals surface area contributed by atoms with Crippen LogP contribution in [-0.4, -0.2) is 5.91 Å². The van der Waals surface area contributed by atoms with Gasteiger partial charge in [-0.3, -0.25) is 4.79 Å². The van der Waals surface area contributed by atoms with Gasteiger partial charge in [-0.2, -0.15) is 0 Å². The minimum absolute atomic E-state index is 0.0904. The van der Waals surface area contributed by atoms with Crippen LogP contribution in [0.5, 0.6) is 0 Å². The molecule has 0 radical (unpaired) electrons. The maximum absolute atomic E-state index is 12.4. The zero-order chi connectivity index (χ0) is 14.9. The Bertz CT molecular complexity index is 538. The van der Waals surface area contributed by atoms with Crippen molar-refractivity contribution >= 4 is 5.91 Å². The molecule has 1 N–H and O–H groups in total. The van der Waals surface area contributed by atoms with Crippen LogP contribution in [0.25, 0.3) is 0 Å². The summed E-state index contributed by atoms with van der Waals surface area (Å²) in [6.45, 7) is 11.2. The molecule has 0 saturated heterocycles. The van der Waals surface area contributed by atoms with E-state index in [1.54, 1.807) is 0 Å². The van der Waals surface area contributed by atoms with E-state index in [0.29, 0.717) is 12.5 Å². The number of rotatable bonds is 4. The van der Waals surface area contributed by atoms with Crippen molar-refractivity contribution in [2.75, 3.05) is 0 Å². The number of carbonyl (C=O) groups is 1. The average molecular weight is 271 g/mol. The quantitative estimate of drug-likeness (QED) is 0.828. The summed E-state index contributed by atoms with van der Waals surface area (Å²) in [5.41, 5.74) is 3.80. The Morgan fingerprint density at radius 2 is 1.95 bits per heavy atom. The Hall–Kier alpha value is -1.57. The molecule has 0 aliphatic heterocycles. The highest BCUT2D eigenvalue weighted by Gasteiger charge is 2.60. The molecule has 1 aliphatic rings. The molecule has 1 fully saturated rings. The Kier molecular flexibility index (Phi) is 4.03. The molecule has 2 unspecified atom stereocenters. The molecule has 1 aromatic rings. The fourth-order valence-corrected chi connectivity index (χ4v) is 2.95. The van der Waals surface area contributed by atoms with Crippen molar-refractivity contribution in [2.24, 2.45) is 17.3 Å². The van der Waals surface area contributed by atoms with Gasteiger partial charge in [-0.15, -0.1) is 0 Å². The predicted molar refractivity (Wildman–Crippen MR) is 83.2 cm³/mol. The molecule has 1 aromatic carbocycles. The molecule has 1 amide bonds. The first-order valence-electron chi connectivity index (χ1n) is 7.31. The number of nitrogens with one attached hydrogen (secondary N) is 1. The van der Waals surface area contributed by atoms with Gasteiger partial charge in [-0.1, -0.05) is 49.8 Å². The van der Waals surface area contributed by atoms with Crippen LogP contribution in [0.3, 0.4) is 0 Å². The van der Waals surface area contributed by atoms with Crippen molar-refractivity contribution in [1.82, 2.24) is 5.32 Å². The van der Waals surface area contributed by atoms with Gasteiger partial charge in [0.2, 0.25) is 5.91 Å². The average Bonchev–Trinajstić information content (AvgIpc) is 2.88. The zero-order valence-electron chi connectivity index (χ0n) is 13.2. The second-order valence-electron chi connectivity index (χ2n) is 6.71. The maximum Gasteiger partial charge on any atom is 0.224 e. The van der Waals surface area contributed by atoms with E-state index < -0.39 is 0 Å². The third-order valence-corrected chi connectivity index (χ3v) is 4.42. The molecule has 2 rings (SSSR count). The van der Waals surface area contributed by atoms with Crippen LogP contribution in [0.4, 0.5) is 0 Å². The number of hydrogen-bond donors (Lipinski definition) is 1. The van der Waals surface area contributed by atoms with Crippen molar-refractivity contribution in [3.63, 3.8) is 0 Å². The highest BCUT2D eigenvalue weighted by molar-refractivity contribution is 5.83. The van der Waals surface area contributed by atoms with Gasteiger partial charge in [0.05, 0.1) is 5.92 Å². The van der Waals surface area contributed by atoms with Gasteiger partial charge in [0, 0.05) is 6.54 Å². The monoisotopic (exact) mass is 271 g/mol. The summed E-state index contributed by atoms with van der Waals surface area (Å²) < 4.78 is 0. The molecule has 0 bridgehead atoms. The van der Waals surface area contributed by atoms with Gasteiger partial charge in [-0.05, 0) is 43.2 Å². The van der Waals surface area contributed by atoms with Crippen LogP contribution in [0.1, 0.15) is 38.8 Å². The summed E-state index contributed by atoms with van der Waals surface area (Å²) in [7, 11) is 0. The molecule has 2 atom stereocenters. The topological polar surface area (TPSA) is 29.1 Å². The standard InChI is InChI=1S/C18H25NO/c1-12(2)10-15-16(18(15,4)5)17(20)19-11-14-9-7-6-8-13(14)3/h6-10,15-16H,11H2,1-5H3,(H,19,20). The van der Waals surface area contributed by atoms with E-state index in [1.165, 1.54) is 16.7 Å². The lowest BCUT2D eigenvalue weighted by atomic mass is 10.1. The second-order valence-corrected chi connectivity index (χ2v) is 6.71. The Morgan fingerprint density at radius 1 is 1.30 bits per heavy atom. The molecule has 108 valence electrons. The number of benzene rings is 1. The molecule has 1 aliphatic carbocycles. The summed E-state index contributed by atoms with van der Waals surface area (Å²) in [6.07, 6.45) is 2.23. The molecular formula is C18H25NO. The molecule has 0 heterocycles. The molecular weight excluding hydrogens is 246 g/mol. The Balaban J connectivity index is 1.97. The van der Waals surface area contributed by atoms with Crippen LogP contribution < -0.4 is 5.32 Å². The Labute approximate surface area is 122 Å². The van der Waals surface area contributed by atoms with Crippen LogP contribution in [0, 0.1) is 24.2 Å². The van der Waals surface area contributed by atoms with Gasteiger partial charge in [0.25, 0.3) is 0 Å². The SMILES string of the molecule is CC(C)=CC1C(C(=O)NCc2ccccc2C)C1(C)C. The smallest absolute Gasteiger partial charge is 0.224 e.